The van der Waals surface area contributed by atoms with E-state index in [2.05, 4.69) is 11.6 Å². The van der Waals surface area contributed by atoms with Gasteiger partial charge < -0.3 is 14.2 Å². The molecule has 0 aliphatic carbocycles. The molecule has 3 rings (SSSR count). The molecule has 0 saturated carbocycles. The summed E-state index contributed by atoms with van der Waals surface area (Å²) in [4.78, 5) is 54.7. The summed E-state index contributed by atoms with van der Waals surface area (Å²) in [6.45, 7) is 3.11. The number of esters is 1. The predicted octanol–water partition coefficient (Wildman–Crippen LogP) is 0.196. The van der Waals surface area contributed by atoms with Crippen molar-refractivity contribution in [1.29, 1.82) is 0 Å². The summed E-state index contributed by atoms with van der Waals surface area (Å²) in [7, 11) is 2.83. The Morgan fingerprint density at radius 3 is 2.53 bits per heavy atom. The van der Waals surface area contributed by atoms with E-state index in [0.717, 1.165) is 4.57 Å². The third-order valence-corrected chi connectivity index (χ3v) is 4.55. The van der Waals surface area contributed by atoms with E-state index in [1.54, 1.807) is 30.3 Å². The lowest BCUT2D eigenvalue weighted by Gasteiger charge is -2.21. The molecular weight excluding hydrogens is 390 g/mol. The van der Waals surface area contributed by atoms with Crippen LogP contribution in [-0.2, 0) is 35.0 Å². The number of hydrogen-bond acceptors (Lipinski definition) is 6. The maximum absolute atomic E-state index is 12.5. The largest absolute Gasteiger partial charge is 0.454 e. The predicted molar refractivity (Wildman–Crippen MR) is 110 cm³/mol. The van der Waals surface area contributed by atoms with Crippen molar-refractivity contribution in [3.8, 4) is 0 Å². The molecule has 0 aliphatic rings. The molecule has 0 atom stereocenters. The van der Waals surface area contributed by atoms with E-state index in [0.29, 0.717) is 5.69 Å². The zero-order valence-electron chi connectivity index (χ0n) is 16.6. The molecule has 30 heavy (non-hydrogen) atoms. The lowest BCUT2D eigenvalue weighted by atomic mass is 10.3. The molecule has 3 aromatic rings. The van der Waals surface area contributed by atoms with Crippen LogP contribution in [0, 0.1) is 0 Å². The van der Waals surface area contributed by atoms with Crippen molar-refractivity contribution in [2.75, 3.05) is 18.1 Å². The van der Waals surface area contributed by atoms with Crippen LogP contribution in [-0.4, -0.2) is 43.7 Å². The molecule has 2 aromatic heterocycles. The van der Waals surface area contributed by atoms with Gasteiger partial charge in [0.05, 0.1) is 6.33 Å². The third kappa shape index (κ3) is 3.93. The molecule has 0 N–H and O–H groups in total. The van der Waals surface area contributed by atoms with Crippen molar-refractivity contribution in [2.45, 2.75) is 6.54 Å². The fourth-order valence-corrected chi connectivity index (χ4v) is 3.01. The molecule has 0 unspecified atom stereocenters. The summed E-state index contributed by atoms with van der Waals surface area (Å²) >= 11 is 0. The number of imidazole rings is 1. The van der Waals surface area contributed by atoms with Crippen molar-refractivity contribution in [1.82, 2.24) is 18.7 Å². The van der Waals surface area contributed by atoms with Crippen LogP contribution in [0.1, 0.15) is 0 Å². The second-order valence-electron chi connectivity index (χ2n) is 6.54. The van der Waals surface area contributed by atoms with Crippen LogP contribution in [0.2, 0.25) is 0 Å². The van der Waals surface area contributed by atoms with Gasteiger partial charge in [0.1, 0.15) is 6.54 Å². The van der Waals surface area contributed by atoms with Gasteiger partial charge in [-0.05, 0) is 12.1 Å². The minimum absolute atomic E-state index is 0.0976. The average molecular weight is 411 g/mol. The van der Waals surface area contributed by atoms with Gasteiger partial charge >= 0.3 is 11.7 Å². The van der Waals surface area contributed by atoms with Gasteiger partial charge in [0.2, 0.25) is 0 Å². The smallest absolute Gasteiger partial charge is 0.332 e. The molecule has 10 heteroatoms. The van der Waals surface area contributed by atoms with E-state index in [-0.39, 0.29) is 24.3 Å². The first-order valence-corrected chi connectivity index (χ1v) is 9.08. The van der Waals surface area contributed by atoms with Gasteiger partial charge in [-0.25, -0.2) is 9.78 Å². The quantitative estimate of drug-likeness (QED) is 0.406. The number of para-hydroxylation sites is 1. The van der Waals surface area contributed by atoms with E-state index in [1.807, 2.05) is 6.07 Å². The van der Waals surface area contributed by atoms with Crippen molar-refractivity contribution in [3.63, 3.8) is 0 Å². The number of ether oxygens (including phenoxy) is 1. The summed E-state index contributed by atoms with van der Waals surface area (Å²) in [5.74, 6) is -1.13. The van der Waals surface area contributed by atoms with Crippen molar-refractivity contribution in [3.05, 3.63) is 70.2 Å². The number of benzene rings is 1. The number of carbonyl (C=O) groups is 2. The first-order valence-electron chi connectivity index (χ1n) is 9.08. The molecule has 0 spiro atoms. The third-order valence-electron chi connectivity index (χ3n) is 4.55. The molecule has 1 amide bonds. The van der Waals surface area contributed by atoms with Gasteiger partial charge in [-0.1, -0.05) is 24.3 Å². The molecule has 156 valence electrons. The van der Waals surface area contributed by atoms with Crippen molar-refractivity contribution >= 4 is 28.7 Å². The Hall–Kier alpha value is -3.95. The van der Waals surface area contributed by atoms with E-state index in [9.17, 15) is 19.2 Å². The van der Waals surface area contributed by atoms with Crippen LogP contribution in [0.15, 0.2) is 58.9 Å². The van der Waals surface area contributed by atoms with Crippen LogP contribution in [0.4, 0.5) is 5.69 Å². The molecule has 10 nitrogen and oxygen atoms in total. The highest BCUT2D eigenvalue weighted by Crippen LogP contribution is 2.13. The number of hydrogen-bond donors (Lipinski definition) is 0. The number of aryl methyl sites for hydroxylation is 1. The van der Waals surface area contributed by atoms with Gasteiger partial charge in [0.15, 0.2) is 17.8 Å². The monoisotopic (exact) mass is 411 g/mol. The van der Waals surface area contributed by atoms with E-state index < -0.39 is 29.7 Å². The Kier molecular flexibility index (Phi) is 5.95. The second-order valence-corrected chi connectivity index (χ2v) is 6.54. The minimum atomic E-state index is -0.717. The highest BCUT2D eigenvalue weighted by Gasteiger charge is 2.19. The SMILES string of the molecule is C=CCN(C(=O)COC(=O)Cn1cnc2c1c(=O)n(C)c(=O)n2C)c1ccccc1. The Morgan fingerprint density at radius 1 is 1.17 bits per heavy atom. The zero-order chi connectivity index (χ0) is 21.8. The Morgan fingerprint density at radius 2 is 1.87 bits per heavy atom. The summed E-state index contributed by atoms with van der Waals surface area (Å²) < 4.78 is 8.55. The summed E-state index contributed by atoms with van der Waals surface area (Å²) in [5.41, 5.74) is -0.179. The fraction of sp³-hybridized carbons (Fsp3) is 0.250. The topological polar surface area (TPSA) is 108 Å². The molecule has 1 aromatic carbocycles. The van der Waals surface area contributed by atoms with Crippen LogP contribution < -0.4 is 16.1 Å². The summed E-state index contributed by atoms with van der Waals surface area (Å²) in [6, 6.07) is 8.95. The molecule has 0 saturated heterocycles. The van der Waals surface area contributed by atoms with Crippen LogP contribution in [0.25, 0.3) is 11.2 Å². The summed E-state index contributed by atoms with van der Waals surface area (Å²) in [6.07, 6.45) is 2.85. The first-order chi connectivity index (χ1) is 14.3. The van der Waals surface area contributed by atoms with Gasteiger partial charge in [-0.2, -0.15) is 0 Å². The normalized spacial score (nSPS) is 10.7. The van der Waals surface area contributed by atoms with Crippen LogP contribution >= 0.6 is 0 Å². The Bertz CT molecular complexity index is 1220. The van der Waals surface area contributed by atoms with Gasteiger partial charge in [0.25, 0.3) is 11.5 Å². The van der Waals surface area contributed by atoms with Crippen molar-refractivity contribution in [2.24, 2.45) is 14.1 Å². The molecule has 2 heterocycles. The number of carbonyl (C=O) groups excluding carboxylic acids is 2. The number of nitrogens with zero attached hydrogens (tertiary/aromatic N) is 5. The minimum Gasteiger partial charge on any atom is -0.454 e. The standard InChI is InChI=1S/C20H21N5O5/c1-4-10-25(14-8-6-5-7-9-14)15(26)12-30-16(27)11-24-13-21-18-17(24)19(28)23(3)20(29)22(18)2/h4-9,13H,1,10-12H2,2-3H3. The van der Waals surface area contributed by atoms with E-state index in [1.165, 1.54) is 34.5 Å². The van der Waals surface area contributed by atoms with Gasteiger partial charge in [-0.15, -0.1) is 6.58 Å². The van der Waals surface area contributed by atoms with Gasteiger partial charge in [0, 0.05) is 26.3 Å². The fourth-order valence-electron chi connectivity index (χ4n) is 3.01. The van der Waals surface area contributed by atoms with E-state index >= 15 is 0 Å². The van der Waals surface area contributed by atoms with Crippen LogP contribution in [0.5, 0.6) is 0 Å². The van der Waals surface area contributed by atoms with Crippen LogP contribution in [0.3, 0.4) is 0 Å². The zero-order valence-corrected chi connectivity index (χ0v) is 16.6. The second kappa shape index (κ2) is 8.60. The molecular formula is C20H21N5O5. The summed E-state index contributed by atoms with van der Waals surface area (Å²) in [5, 5.41) is 0. The first kappa shape index (κ1) is 20.8. The number of rotatable bonds is 7. The molecule has 0 radical (unpaired) electrons. The molecule has 0 bridgehead atoms. The molecule has 0 aliphatic heterocycles. The highest BCUT2D eigenvalue weighted by atomic mass is 16.5. The Labute approximate surface area is 171 Å². The average Bonchev–Trinajstić information content (AvgIpc) is 3.17. The number of aromatic nitrogens is 4. The Balaban J connectivity index is 1.73. The number of amides is 1. The number of anilines is 1. The number of fused-ring (bicyclic) bond motifs is 1. The lowest BCUT2D eigenvalue weighted by molar-refractivity contribution is -0.148. The maximum atomic E-state index is 12.5. The lowest BCUT2D eigenvalue weighted by Crippen LogP contribution is -2.38. The maximum Gasteiger partial charge on any atom is 0.332 e. The molecule has 0 fully saturated rings. The van der Waals surface area contributed by atoms with Crippen molar-refractivity contribution < 1.29 is 14.3 Å². The van der Waals surface area contributed by atoms with E-state index in [4.69, 9.17) is 4.74 Å². The highest BCUT2D eigenvalue weighted by molar-refractivity contribution is 5.95. The van der Waals surface area contributed by atoms with Gasteiger partial charge in [-0.3, -0.25) is 23.5 Å².